The van der Waals surface area contributed by atoms with Crippen molar-refractivity contribution in [2.75, 3.05) is 178 Å². The Labute approximate surface area is 909 Å². The number of rotatable bonds is 64. The van der Waals surface area contributed by atoms with Crippen molar-refractivity contribution in [1.82, 2.24) is 70.8 Å². The molecule has 147 heavy (non-hydrogen) atoms. The third kappa shape index (κ3) is 59.4. The van der Waals surface area contributed by atoms with Crippen LogP contribution in [0.15, 0.2) is 137 Å². The van der Waals surface area contributed by atoms with Crippen LogP contribution in [-0.4, -0.2) is 234 Å². The van der Waals surface area contributed by atoms with E-state index in [1.54, 1.807) is 6.26 Å². The second-order valence-corrected chi connectivity index (χ2v) is 36.8. The number of amidine groups is 1. The van der Waals surface area contributed by atoms with Gasteiger partial charge < -0.3 is 91.7 Å². The van der Waals surface area contributed by atoms with Crippen LogP contribution in [0.1, 0.15) is 255 Å². The van der Waals surface area contributed by atoms with Gasteiger partial charge in [-0.15, -0.1) is 24.0 Å². The third-order valence-corrected chi connectivity index (χ3v) is 24.1. The predicted octanol–water partition coefficient (Wildman–Crippen LogP) is 17.2. The number of amides is 4. The van der Waals surface area contributed by atoms with E-state index in [4.69, 9.17) is 121 Å². The van der Waals surface area contributed by atoms with Crippen LogP contribution in [0.25, 0.3) is 0 Å². The van der Waals surface area contributed by atoms with Crippen molar-refractivity contribution in [2.24, 2.45) is 32.9 Å². The quantitative estimate of drug-likeness (QED) is 0.00728. The highest BCUT2D eigenvalue weighted by Crippen LogP contribution is 2.24. The zero-order valence-corrected chi connectivity index (χ0v) is 93.5. The molecule has 8 rings (SSSR count). The minimum absolute atomic E-state index is 0. The molecule has 0 unspecified atom stereocenters. The summed E-state index contributed by atoms with van der Waals surface area (Å²) in [6.45, 7) is 34.6. The Balaban J connectivity index is 0.000000483. The molecule has 0 fully saturated rings. The lowest BCUT2D eigenvalue weighted by atomic mass is 10.1. The molecule has 0 saturated heterocycles. The van der Waals surface area contributed by atoms with Gasteiger partial charge >= 0.3 is 6.09 Å². The lowest BCUT2D eigenvalue weighted by molar-refractivity contribution is 0.0964. The van der Waals surface area contributed by atoms with Crippen molar-refractivity contribution in [3.8, 4) is 23.0 Å². The van der Waals surface area contributed by atoms with Gasteiger partial charge in [0, 0.05) is 45.8 Å². The number of hydrogen-bond donors (Lipinski definition) is 15. The third-order valence-electron chi connectivity index (χ3n) is 22.8. The summed E-state index contributed by atoms with van der Waals surface area (Å²) in [6, 6.07) is 43.2. The number of unbranched alkanes of at least 4 members (excludes halogenated alkanes) is 11. The van der Waals surface area contributed by atoms with Crippen LogP contribution in [0.5, 0.6) is 23.0 Å². The summed E-state index contributed by atoms with van der Waals surface area (Å²) in [7, 11) is 0. The molecule has 8 aromatic rings. The number of aromatic nitrogens is 6. The van der Waals surface area contributed by atoms with Crippen molar-refractivity contribution in [2.45, 2.75) is 228 Å². The van der Waals surface area contributed by atoms with Gasteiger partial charge in [-0.05, 0) is 270 Å². The van der Waals surface area contributed by atoms with E-state index < -0.39 is 17.7 Å². The molecule has 816 valence electrons. The standard InChI is InChI=1S/C28H42N2O3.C26H41ClN8O2.C24H39ClN10O2.C21H37NO.C7H9ClN6OS.HI/c1-3-5-20-30(21-6-4-2)22-23-32-27-17-15-25(16-18-27)12-10-11-19-29-28(31)33-24-26-13-8-7-9-14-26;1-3-5-15-35(16-6-4-2)17-18-37-20-12-10-19(11-13-20)9-7-8-14-31-26(30)34-25(36)21-23(28)33-24(29)22(27)32-21;25-20-22(29)33-21(28)19(32-20)23(36)34-24(30)31-12-2-1-5-17-6-8-18(9-7-17)37-16-15-35(13-3-10-26)14-4-11-27;1-4-7-10-11-20-12-14-21(15-13-20)23-19-18-22(16-8-5-2)17-9-6-3;1-16-7(11)14-6(15)2-4(9)13-5(10)3(8)12-2;/h7-9,13-18H,3-6,10-12,19-24H2,1-2H3,(H,29,31);10-13H,3-9,14-18H2,1-2H3,(H4,28,29,33)(H3,30,31,34,36);6-9H,1-5,10-16,26-27H2,(H4,28,29,33)(H3,30,31,34,36);12-15H,4-11,16-19H2,1-3H3;1H3,(H4,9,10,13)(H2,11,14,15);1H. The summed E-state index contributed by atoms with van der Waals surface area (Å²) in [4.78, 5) is 88.6. The molecule has 36 nitrogen and oxygen atoms in total. The number of benzene rings is 5. The van der Waals surface area contributed by atoms with E-state index in [0.29, 0.717) is 52.5 Å². The number of carbonyl (C=O) groups excluding carboxylic acids is 4. The number of alkyl carbamates (subject to hydrolysis) is 1. The van der Waals surface area contributed by atoms with E-state index in [2.05, 4.69) is 202 Å². The fourth-order valence-corrected chi connectivity index (χ4v) is 14.8. The number of halogens is 4. The number of hydrogen-bond acceptors (Lipinski definition) is 31. The van der Waals surface area contributed by atoms with Gasteiger partial charge in [0.05, 0.1) is 0 Å². The Morgan fingerprint density at radius 2 is 0.633 bits per heavy atom. The van der Waals surface area contributed by atoms with Crippen LogP contribution in [0, 0.1) is 5.41 Å². The number of carbonyl (C=O) groups is 4. The highest BCUT2D eigenvalue weighted by Gasteiger charge is 2.21. The average molecular weight is 2230 g/mol. The Morgan fingerprint density at radius 3 is 0.918 bits per heavy atom. The molecule has 0 bridgehead atoms. The lowest BCUT2D eigenvalue weighted by Crippen LogP contribution is -2.38. The molecule has 4 amide bonds. The summed E-state index contributed by atoms with van der Waals surface area (Å²) in [6.07, 6.45) is 31.5. The molecule has 0 atom stereocenters. The second kappa shape index (κ2) is 81.3. The molecule has 3 aromatic heterocycles. The van der Waals surface area contributed by atoms with Crippen molar-refractivity contribution in [3.05, 3.63) is 188 Å². The van der Waals surface area contributed by atoms with E-state index in [1.807, 2.05) is 54.6 Å². The Morgan fingerprint density at radius 1 is 0.354 bits per heavy atom. The van der Waals surface area contributed by atoms with Crippen LogP contribution in [-0.2, 0) is 37.0 Å². The van der Waals surface area contributed by atoms with Crippen LogP contribution in [0.3, 0.4) is 0 Å². The summed E-state index contributed by atoms with van der Waals surface area (Å²) in [5, 5.41) is 16.9. The number of nitrogens with one attached hydrogen (secondary N) is 5. The molecular formula is C106H169Cl3IN27O9S. The molecule has 0 aliphatic heterocycles. The van der Waals surface area contributed by atoms with Crippen molar-refractivity contribution < 1.29 is 42.9 Å². The maximum Gasteiger partial charge on any atom is 0.407 e. The lowest BCUT2D eigenvalue weighted by Gasteiger charge is -2.22. The van der Waals surface area contributed by atoms with Crippen molar-refractivity contribution in [3.63, 3.8) is 0 Å². The van der Waals surface area contributed by atoms with Crippen molar-refractivity contribution >= 4 is 146 Å². The van der Waals surface area contributed by atoms with Crippen molar-refractivity contribution in [1.29, 1.82) is 5.41 Å². The smallest absolute Gasteiger partial charge is 0.407 e. The highest BCUT2D eigenvalue weighted by atomic mass is 127. The molecule has 0 spiro atoms. The maximum absolute atomic E-state index is 12.3. The number of aryl methyl sites for hydroxylation is 4. The van der Waals surface area contributed by atoms with E-state index in [9.17, 15) is 19.2 Å². The zero-order chi connectivity index (χ0) is 107. The van der Waals surface area contributed by atoms with Crippen LogP contribution in [0.2, 0.25) is 15.5 Å². The summed E-state index contributed by atoms with van der Waals surface area (Å²) in [5.74, 6) is 1.12. The molecule has 0 aliphatic rings. The van der Waals surface area contributed by atoms with Crippen LogP contribution < -0.4 is 97.6 Å². The molecule has 0 saturated carbocycles. The molecule has 3 heterocycles. The maximum atomic E-state index is 12.3. The fourth-order valence-electron chi connectivity index (χ4n) is 14.2. The summed E-state index contributed by atoms with van der Waals surface area (Å²) < 4.78 is 29.0. The topological polar surface area (TPSA) is 562 Å². The zero-order valence-electron chi connectivity index (χ0n) is 88.0. The molecule has 25 N–H and O–H groups in total. The second-order valence-electron chi connectivity index (χ2n) is 34.9. The number of anilines is 6. The van der Waals surface area contributed by atoms with E-state index in [-0.39, 0.29) is 115 Å². The van der Waals surface area contributed by atoms with Gasteiger partial charge in [-0.1, -0.05) is 225 Å². The first-order chi connectivity index (χ1) is 70.6. The number of nitrogens with two attached hydrogens (primary N) is 10. The first-order valence-electron chi connectivity index (χ1n) is 51.7. The van der Waals surface area contributed by atoms with E-state index in [0.717, 1.165) is 177 Å². The number of nitrogen functional groups attached to an aromatic ring is 6. The van der Waals surface area contributed by atoms with Gasteiger partial charge in [0.1, 0.15) is 56.0 Å². The van der Waals surface area contributed by atoms with Gasteiger partial charge in [0.15, 0.2) is 84.5 Å². The molecule has 0 aliphatic carbocycles. The van der Waals surface area contributed by atoms with Gasteiger partial charge in [-0.25, -0.2) is 34.7 Å². The van der Waals surface area contributed by atoms with Gasteiger partial charge in [0.25, 0.3) is 17.7 Å². The number of ether oxygens (including phenoxy) is 5. The minimum Gasteiger partial charge on any atom is -0.492 e. The largest absolute Gasteiger partial charge is 0.492 e. The Kier molecular flexibility index (Phi) is 72.2. The summed E-state index contributed by atoms with van der Waals surface area (Å²) in [5.41, 5.74) is 61.7. The van der Waals surface area contributed by atoms with Gasteiger partial charge in [-0.2, -0.15) is 0 Å². The van der Waals surface area contributed by atoms with Crippen LogP contribution in [0.4, 0.5) is 39.7 Å². The Hall–Kier alpha value is -10.7. The fraction of sp³-hybridized carbons (Fsp3) is 0.538. The monoisotopic (exact) mass is 2230 g/mol. The average Bonchev–Trinajstić information content (AvgIpc) is 0.841. The number of nitrogens with zero attached hydrogens (tertiary/aromatic N) is 12. The highest BCUT2D eigenvalue weighted by molar-refractivity contribution is 14.0. The molecule has 41 heteroatoms. The number of thioether (sulfide) groups is 1. The SMILES string of the molecule is CCCCCc1ccc(OCCN(CCCC)CCCC)cc1.CCCCN(CCCC)CCOc1ccc(CCCCN=C(N)NC(=O)c2nc(Cl)c(N)nc2N)cc1.CCCCN(CCCC)CCOc1ccc(CCCCNC(=O)OCc2ccccc2)cc1.CSC(=N)NC(=O)c1nc(Cl)c(N)nc1N.I.NCCCN(CCCN)CCOc1ccc(CCCCN=C(N)NC(=O)c2nc(Cl)c(N)nc2N)cc1. The normalized spacial score (nSPS) is 11.1. The number of guanidine groups is 2. The predicted molar refractivity (Wildman–Crippen MR) is 617 cm³/mol. The first kappa shape index (κ1) is 130. The van der Waals surface area contributed by atoms with E-state index >= 15 is 0 Å². The van der Waals surface area contributed by atoms with Gasteiger partial charge in [0.2, 0.25) is 0 Å². The molecule has 5 aromatic carbocycles. The molecular weight excluding hydrogens is 2060 g/mol. The van der Waals surface area contributed by atoms with Gasteiger partial charge in [-0.3, -0.25) is 60.0 Å². The van der Waals surface area contributed by atoms with E-state index in [1.165, 1.54) is 151 Å². The Bertz CT molecular complexity index is 4790. The molecule has 0 radical (unpaired) electrons. The first-order valence-corrected chi connectivity index (χ1v) is 54.0. The van der Waals surface area contributed by atoms with Crippen LogP contribution >= 0.6 is 70.5 Å². The minimum atomic E-state index is -0.658. The summed E-state index contributed by atoms with van der Waals surface area (Å²) >= 11 is 18.3. The number of aliphatic imine (C=N–C) groups is 2.